The van der Waals surface area contributed by atoms with Crippen LogP contribution in [0.4, 0.5) is 4.79 Å². The number of carbonyl (C=O) groups excluding carboxylic acids is 1. The van der Waals surface area contributed by atoms with Gasteiger partial charge in [-0.3, -0.25) is 0 Å². The van der Waals surface area contributed by atoms with E-state index >= 15 is 0 Å². The molecule has 6 nitrogen and oxygen atoms in total. The molecule has 2 atom stereocenters. The number of nitrogens with one attached hydrogen (secondary N) is 1. The first-order valence-corrected chi connectivity index (χ1v) is 7.14. The Hall–Kier alpha value is -2.08. The van der Waals surface area contributed by atoms with Crippen LogP contribution in [0.15, 0.2) is 30.3 Å². The molecule has 2 amide bonds. The van der Waals surface area contributed by atoms with Gasteiger partial charge >= 0.3 is 12.0 Å². The van der Waals surface area contributed by atoms with Gasteiger partial charge in [0.25, 0.3) is 0 Å². The van der Waals surface area contributed by atoms with Gasteiger partial charge in [0.2, 0.25) is 0 Å². The molecule has 1 aromatic carbocycles. The van der Waals surface area contributed by atoms with Crippen LogP contribution in [0.5, 0.6) is 0 Å². The first-order valence-electron chi connectivity index (χ1n) is 7.14. The van der Waals surface area contributed by atoms with Crippen molar-refractivity contribution in [1.82, 2.24) is 10.2 Å². The van der Waals surface area contributed by atoms with E-state index in [2.05, 4.69) is 5.32 Å². The number of benzene rings is 1. The van der Waals surface area contributed by atoms with Crippen molar-refractivity contribution in [2.24, 2.45) is 5.73 Å². The lowest BCUT2D eigenvalue weighted by Gasteiger charge is -2.20. The molecule has 0 bridgehead atoms. The smallest absolute Gasteiger partial charge is 0.326 e. The fraction of sp³-hybridized carbons (Fsp3) is 0.467. The molecule has 0 spiro atoms. The number of carboxylic acids is 1. The van der Waals surface area contributed by atoms with Crippen molar-refractivity contribution in [2.45, 2.75) is 31.3 Å². The summed E-state index contributed by atoms with van der Waals surface area (Å²) in [6, 6.07) is 8.39. The van der Waals surface area contributed by atoms with Crippen LogP contribution >= 0.6 is 0 Å². The van der Waals surface area contributed by atoms with Crippen LogP contribution in [0, 0.1) is 0 Å². The molecule has 0 saturated carbocycles. The summed E-state index contributed by atoms with van der Waals surface area (Å²) in [6.45, 7) is 1.06. The highest BCUT2D eigenvalue weighted by molar-refractivity contribution is 5.82. The highest BCUT2D eigenvalue weighted by atomic mass is 16.4. The summed E-state index contributed by atoms with van der Waals surface area (Å²) in [6.07, 6.45) is 1.73. The minimum absolute atomic E-state index is 0.0108. The van der Waals surface area contributed by atoms with Gasteiger partial charge in [0, 0.05) is 19.1 Å². The van der Waals surface area contributed by atoms with Crippen LogP contribution in [-0.4, -0.2) is 47.2 Å². The van der Waals surface area contributed by atoms with Gasteiger partial charge in [-0.1, -0.05) is 30.3 Å². The number of hydrogen-bond acceptors (Lipinski definition) is 3. The molecule has 1 fully saturated rings. The SMILES string of the molecule is NC1CCN(C(=O)N[C@@H](CCc2ccccc2)C(=O)O)C1. The van der Waals surface area contributed by atoms with Crippen LogP contribution in [0.2, 0.25) is 0 Å². The molecule has 1 aliphatic rings. The van der Waals surface area contributed by atoms with Crippen molar-refractivity contribution < 1.29 is 14.7 Å². The largest absolute Gasteiger partial charge is 0.480 e. The van der Waals surface area contributed by atoms with Crippen LogP contribution < -0.4 is 11.1 Å². The third-order valence-corrected chi connectivity index (χ3v) is 3.67. The number of aliphatic carboxylic acids is 1. The average molecular weight is 291 g/mol. The Balaban J connectivity index is 1.87. The van der Waals surface area contributed by atoms with Crippen LogP contribution in [0.25, 0.3) is 0 Å². The lowest BCUT2D eigenvalue weighted by molar-refractivity contribution is -0.139. The quantitative estimate of drug-likeness (QED) is 0.748. The van der Waals surface area contributed by atoms with Gasteiger partial charge in [0.1, 0.15) is 6.04 Å². The Morgan fingerprint density at radius 3 is 2.67 bits per heavy atom. The van der Waals surface area contributed by atoms with Crippen molar-refractivity contribution in [3.05, 3.63) is 35.9 Å². The van der Waals surface area contributed by atoms with E-state index in [-0.39, 0.29) is 12.1 Å². The number of urea groups is 1. The fourth-order valence-corrected chi connectivity index (χ4v) is 2.43. The number of nitrogens with two attached hydrogens (primary N) is 1. The molecule has 2 rings (SSSR count). The number of nitrogens with zero attached hydrogens (tertiary/aromatic N) is 1. The Labute approximate surface area is 123 Å². The fourth-order valence-electron chi connectivity index (χ4n) is 2.43. The zero-order valence-electron chi connectivity index (χ0n) is 11.9. The predicted octanol–water partition coefficient (Wildman–Crippen LogP) is 0.815. The van der Waals surface area contributed by atoms with E-state index in [0.29, 0.717) is 25.9 Å². The molecule has 1 heterocycles. The molecule has 1 aromatic rings. The van der Waals surface area contributed by atoms with E-state index in [1.54, 1.807) is 4.90 Å². The maximum Gasteiger partial charge on any atom is 0.326 e. The molecule has 1 aliphatic heterocycles. The van der Waals surface area contributed by atoms with E-state index in [4.69, 9.17) is 5.73 Å². The molecule has 1 saturated heterocycles. The lowest BCUT2D eigenvalue weighted by Crippen LogP contribution is -2.47. The van der Waals surface area contributed by atoms with E-state index in [1.807, 2.05) is 30.3 Å². The molecule has 0 aromatic heterocycles. The van der Waals surface area contributed by atoms with Gasteiger partial charge in [0.05, 0.1) is 0 Å². The first kappa shape index (κ1) is 15.3. The Morgan fingerprint density at radius 2 is 2.10 bits per heavy atom. The topological polar surface area (TPSA) is 95.7 Å². The average Bonchev–Trinajstić information content (AvgIpc) is 2.90. The lowest BCUT2D eigenvalue weighted by atomic mass is 10.1. The Morgan fingerprint density at radius 1 is 1.38 bits per heavy atom. The van der Waals surface area contributed by atoms with Crippen molar-refractivity contribution in [3.8, 4) is 0 Å². The normalized spacial score (nSPS) is 19.3. The van der Waals surface area contributed by atoms with Crippen molar-refractivity contribution in [2.75, 3.05) is 13.1 Å². The summed E-state index contributed by atoms with van der Waals surface area (Å²) in [7, 11) is 0. The molecule has 114 valence electrons. The zero-order valence-corrected chi connectivity index (χ0v) is 11.9. The van der Waals surface area contributed by atoms with E-state index in [1.165, 1.54) is 0 Å². The second-order valence-corrected chi connectivity index (χ2v) is 5.36. The third-order valence-electron chi connectivity index (χ3n) is 3.67. The van der Waals surface area contributed by atoms with E-state index in [9.17, 15) is 14.7 Å². The molecule has 0 radical (unpaired) electrons. The third kappa shape index (κ3) is 4.46. The standard InChI is InChI=1S/C15H21N3O3/c16-12-8-9-18(10-12)15(21)17-13(14(19)20)7-6-11-4-2-1-3-5-11/h1-5,12-13H,6-10,16H2,(H,17,21)(H,19,20)/t12?,13-/m0/s1. The molecular formula is C15H21N3O3. The van der Waals surface area contributed by atoms with Gasteiger partial charge in [0.15, 0.2) is 0 Å². The van der Waals surface area contributed by atoms with Gasteiger partial charge in [-0.05, 0) is 24.8 Å². The zero-order chi connectivity index (χ0) is 15.2. The monoisotopic (exact) mass is 291 g/mol. The van der Waals surface area contributed by atoms with Gasteiger partial charge in [-0.2, -0.15) is 0 Å². The molecule has 6 heteroatoms. The van der Waals surface area contributed by atoms with Crippen LogP contribution in [-0.2, 0) is 11.2 Å². The van der Waals surface area contributed by atoms with Gasteiger partial charge in [-0.15, -0.1) is 0 Å². The first-order chi connectivity index (χ1) is 10.1. The maximum atomic E-state index is 12.0. The number of carbonyl (C=O) groups is 2. The molecule has 0 aliphatic carbocycles. The second-order valence-electron chi connectivity index (χ2n) is 5.36. The maximum absolute atomic E-state index is 12.0. The summed E-state index contributed by atoms with van der Waals surface area (Å²) in [5.41, 5.74) is 6.81. The van der Waals surface area contributed by atoms with Crippen molar-refractivity contribution in [3.63, 3.8) is 0 Å². The number of rotatable bonds is 5. The summed E-state index contributed by atoms with van der Waals surface area (Å²) < 4.78 is 0. The second kappa shape index (κ2) is 7.08. The highest BCUT2D eigenvalue weighted by Crippen LogP contribution is 2.09. The van der Waals surface area contributed by atoms with E-state index < -0.39 is 12.0 Å². The molecule has 1 unspecified atom stereocenters. The van der Waals surface area contributed by atoms with Gasteiger partial charge < -0.3 is 21.1 Å². The number of carboxylic acid groups (broad SMARTS) is 1. The van der Waals surface area contributed by atoms with Crippen LogP contribution in [0.1, 0.15) is 18.4 Å². The number of aryl methyl sites for hydroxylation is 1. The predicted molar refractivity (Wildman–Crippen MR) is 78.9 cm³/mol. The summed E-state index contributed by atoms with van der Waals surface area (Å²) >= 11 is 0. The Kier molecular flexibility index (Phi) is 5.16. The molecular weight excluding hydrogens is 270 g/mol. The summed E-state index contributed by atoms with van der Waals surface area (Å²) in [5.74, 6) is -1.01. The van der Waals surface area contributed by atoms with Gasteiger partial charge in [-0.25, -0.2) is 9.59 Å². The number of likely N-dealkylation sites (tertiary alicyclic amines) is 1. The summed E-state index contributed by atoms with van der Waals surface area (Å²) in [4.78, 5) is 24.9. The van der Waals surface area contributed by atoms with E-state index in [0.717, 1.165) is 12.0 Å². The number of hydrogen-bond donors (Lipinski definition) is 3. The highest BCUT2D eigenvalue weighted by Gasteiger charge is 2.27. The van der Waals surface area contributed by atoms with Crippen LogP contribution in [0.3, 0.4) is 0 Å². The minimum Gasteiger partial charge on any atom is -0.480 e. The minimum atomic E-state index is -1.01. The molecule has 21 heavy (non-hydrogen) atoms. The Bertz CT molecular complexity index is 492. The van der Waals surface area contributed by atoms with Crippen molar-refractivity contribution in [1.29, 1.82) is 0 Å². The molecule has 4 N–H and O–H groups in total. The van der Waals surface area contributed by atoms with Crippen molar-refractivity contribution >= 4 is 12.0 Å². The number of amides is 2. The summed E-state index contributed by atoms with van der Waals surface area (Å²) in [5, 5.41) is 11.8.